The van der Waals surface area contributed by atoms with E-state index in [0.717, 1.165) is 88.9 Å². The van der Waals surface area contributed by atoms with Crippen molar-refractivity contribution in [1.29, 1.82) is 0 Å². The van der Waals surface area contributed by atoms with Crippen molar-refractivity contribution in [3.05, 3.63) is 212 Å². The fraction of sp³-hybridized carbons (Fsp3) is 0. The molecule has 3 heterocycles. The number of fused-ring (bicyclic) bond motifs is 8. The van der Waals surface area contributed by atoms with Crippen LogP contribution in [0.4, 0.5) is 0 Å². The Morgan fingerprint density at radius 1 is 0.328 bits per heavy atom. The van der Waals surface area contributed by atoms with E-state index in [9.17, 15) is 0 Å². The van der Waals surface area contributed by atoms with Crippen molar-refractivity contribution >= 4 is 54.4 Å². The molecular formula is C57H35N3O. The van der Waals surface area contributed by atoms with Crippen molar-refractivity contribution in [3.8, 4) is 67.4 Å². The number of nitrogens with zero attached hydrogens (tertiary/aromatic N) is 3. The van der Waals surface area contributed by atoms with Gasteiger partial charge in [0.25, 0.3) is 0 Å². The highest BCUT2D eigenvalue weighted by Gasteiger charge is 2.19. The van der Waals surface area contributed by atoms with Crippen LogP contribution in [-0.4, -0.2) is 15.0 Å². The van der Waals surface area contributed by atoms with Gasteiger partial charge in [0.1, 0.15) is 11.2 Å². The smallest absolute Gasteiger partial charge is 0.160 e. The Balaban J connectivity index is 0.982. The van der Waals surface area contributed by atoms with E-state index in [-0.39, 0.29) is 0 Å². The molecular weight excluding hydrogens is 743 g/mol. The number of benzene rings is 9. The zero-order valence-corrected chi connectivity index (χ0v) is 33.0. The number of furan rings is 1. The van der Waals surface area contributed by atoms with Crippen LogP contribution < -0.4 is 0 Å². The molecule has 12 rings (SSSR count). The number of hydrogen-bond donors (Lipinski definition) is 0. The summed E-state index contributed by atoms with van der Waals surface area (Å²) in [5, 5.41) is 8.05. The quantitative estimate of drug-likeness (QED) is 0.158. The summed E-state index contributed by atoms with van der Waals surface area (Å²) in [7, 11) is 0. The molecule has 0 saturated carbocycles. The van der Waals surface area contributed by atoms with Crippen molar-refractivity contribution in [2.24, 2.45) is 0 Å². The molecule has 0 unspecified atom stereocenters. The number of pyridine rings is 1. The first-order chi connectivity index (χ1) is 30.2. The first kappa shape index (κ1) is 34.8. The Labute approximate surface area is 352 Å². The third kappa shape index (κ3) is 6.04. The minimum Gasteiger partial charge on any atom is -0.455 e. The van der Waals surface area contributed by atoms with Crippen LogP contribution in [0.2, 0.25) is 0 Å². The minimum atomic E-state index is 0.666. The number of aromatic nitrogens is 3. The normalized spacial score (nSPS) is 11.6. The lowest BCUT2D eigenvalue weighted by atomic mass is 9.93. The highest BCUT2D eigenvalue weighted by Crippen LogP contribution is 2.41. The largest absolute Gasteiger partial charge is 0.455 e. The summed E-state index contributed by atoms with van der Waals surface area (Å²) in [6, 6.07) is 74.4. The van der Waals surface area contributed by atoms with Gasteiger partial charge < -0.3 is 4.42 Å². The van der Waals surface area contributed by atoms with E-state index in [2.05, 4.69) is 176 Å². The van der Waals surface area contributed by atoms with Gasteiger partial charge in [0, 0.05) is 33.0 Å². The van der Waals surface area contributed by atoms with E-state index >= 15 is 0 Å². The zero-order valence-electron chi connectivity index (χ0n) is 33.0. The third-order valence-electron chi connectivity index (χ3n) is 11.9. The van der Waals surface area contributed by atoms with Gasteiger partial charge in [-0.15, -0.1) is 0 Å². The standard InChI is InChI=1S/C57H35N3O/c1-2-13-36(14-3-1)41-16-12-17-43(33-41)52-35-51(38-27-29-39(30-28-38)55-54-48-22-9-11-24-53(48)61-56(54)47-21-8-10-23-50(47)58-55)59-57(60-52)40-31-25-37(26-32-40)49-34-42-15-4-5-18-44(42)45-19-6-7-20-46(45)49/h1-35H. The molecule has 0 amide bonds. The number of hydrogen-bond acceptors (Lipinski definition) is 4. The average Bonchev–Trinajstić information content (AvgIpc) is 3.74. The van der Waals surface area contributed by atoms with Crippen molar-refractivity contribution < 1.29 is 4.42 Å². The third-order valence-corrected chi connectivity index (χ3v) is 11.9. The summed E-state index contributed by atoms with van der Waals surface area (Å²) in [6.07, 6.45) is 0. The van der Waals surface area contributed by atoms with E-state index in [4.69, 9.17) is 19.4 Å². The lowest BCUT2D eigenvalue weighted by Crippen LogP contribution is -1.96. The van der Waals surface area contributed by atoms with Gasteiger partial charge in [0.15, 0.2) is 5.82 Å². The fourth-order valence-corrected chi connectivity index (χ4v) is 8.87. The average molecular weight is 778 g/mol. The highest BCUT2D eigenvalue weighted by molar-refractivity contribution is 6.19. The first-order valence-electron chi connectivity index (χ1n) is 20.6. The maximum absolute atomic E-state index is 6.48. The van der Waals surface area contributed by atoms with Gasteiger partial charge in [-0.25, -0.2) is 15.0 Å². The van der Waals surface area contributed by atoms with Crippen LogP contribution in [0.3, 0.4) is 0 Å². The van der Waals surface area contributed by atoms with Crippen LogP contribution in [0.1, 0.15) is 0 Å². The maximum Gasteiger partial charge on any atom is 0.160 e. The second-order valence-corrected chi connectivity index (χ2v) is 15.5. The summed E-state index contributed by atoms with van der Waals surface area (Å²) in [4.78, 5) is 15.7. The van der Waals surface area contributed by atoms with Gasteiger partial charge in [-0.05, 0) is 80.2 Å². The summed E-state index contributed by atoms with van der Waals surface area (Å²) in [5.74, 6) is 0.666. The molecule has 0 aliphatic heterocycles. The SMILES string of the molecule is c1ccc(-c2cccc(-c3cc(-c4ccc(-c5nc6ccccc6c6oc7ccccc7c56)cc4)nc(-c4ccc(-c5cc6ccccc6c6ccccc56)cc4)n3)c2)cc1. The van der Waals surface area contributed by atoms with Crippen LogP contribution in [0.5, 0.6) is 0 Å². The van der Waals surface area contributed by atoms with Crippen LogP contribution in [0.25, 0.3) is 122 Å². The van der Waals surface area contributed by atoms with Crippen LogP contribution >= 0.6 is 0 Å². The summed E-state index contributed by atoms with van der Waals surface area (Å²) in [5.41, 5.74) is 13.8. The molecule has 0 atom stereocenters. The topological polar surface area (TPSA) is 51.8 Å². The Morgan fingerprint density at radius 2 is 0.918 bits per heavy atom. The van der Waals surface area contributed by atoms with E-state index < -0.39 is 0 Å². The molecule has 3 aromatic heterocycles. The van der Waals surface area contributed by atoms with Gasteiger partial charge in [-0.2, -0.15) is 0 Å². The Morgan fingerprint density at radius 3 is 1.74 bits per heavy atom. The molecule has 12 aromatic rings. The lowest BCUT2D eigenvalue weighted by molar-refractivity contribution is 0.672. The molecule has 0 saturated heterocycles. The van der Waals surface area contributed by atoms with Gasteiger partial charge in [0.05, 0.1) is 28.0 Å². The Kier molecular flexibility index (Phi) is 8.13. The van der Waals surface area contributed by atoms with E-state index in [1.165, 1.54) is 27.1 Å². The minimum absolute atomic E-state index is 0.666. The first-order valence-corrected chi connectivity index (χ1v) is 20.6. The van der Waals surface area contributed by atoms with Gasteiger partial charge in [0.2, 0.25) is 0 Å². The Bertz CT molecular complexity index is 3630. The molecule has 61 heavy (non-hydrogen) atoms. The second-order valence-electron chi connectivity index (χ2n) is 15.5. The Hall–Kier alpha value is -8.21. The van der Waals surface area contributed by atoms with E-state index in [0.29, 0.717) is 5.82 Å². The molecule has 0 N–H and O–H groups in total. The molecule has 0 aliphatic rings. The lowest BCUT2D eigenvalue weighted by Gasteiger charge is -2.13. The number of rotatable bonds is 6. The molecule has 4 heteroatoms. The predicted molar refractivity (Wildman–Crippen MR) is 252 cm³/mol. The van der Waals surface area contributed by atoms with Crippen molar-refractivity contribution in [2.75, 3.05) is 0 Å². The predicted octanol–water partition coefficient (Wildman–Crippen LogP) is 15.2. The molecule has 0 fully saturated rings. The highest BCUT2D eigenvalue weighted by atomic mass is 16.3. The van der Waals surface area contributed by atoms with Crippen molar-refractivity contribution in [1.82, 2.24) is 15.0 Å². The van der Waals surface area contributed by atoms with E-state index in [1.807, 2.05) is 36.4 Å². The number of para-hydroxylation sites is 2. The van der Waals surface area contributed by atoms with Crippen LogP contribution in [-0.2, 0) is 0 Å². The zero-order chi connectivity index (χ0) is 40.3. The fourth-order valence-electron chi connectivity index (χ4n) is 8.87. The second kappa shape index (κ2) is 14.3. The molecule has 0 spiro atoms. The summed E-state index contributed by atoms with van der Waals surface area (Å²) in [6.45, 7) is 0. The van der Waals surface area contributed by atoms with Gasteiger partial charge >= 0.3 is 0 Å². The molecule has 0 radical (unpaired) electrons. The monoisotopic (exact) mass is 777 g/mol. The van der Waals surface area contributed by atoms with Gasteiger partial charge in [-0.1, -0.05) is 176 Å². The molecule has 0 bridgehead atoms. The molecule has 0 aliphatic carbocycles. The molecule has 284 valence electrons. The van der Waals surface area contributed by atoms with Crippen LogP contribution in [0.15, 0.2) is 217 Å². The van der Waals surface area contributed by atoms with Crippen molar-refractivity contribution in [3.63, 3.8) is 0 Å². The van der Waals surface area contributed by atoms with Crippen LogP contribution in [0, 0.1) is 0 Å². The summed E-state index contributed by atoms with van der Waals surface area (Å²) < 4.78 is 6.48. The van der Waals surface area contributed by atoms with Gasteiger partial charge in [-0.3, -0.25) is 0 Å². The molecule has 4 nitrogen and oxygen atoms in total. The molecule has 9 aromatic carbocycles. The maximum atomic E-state index is 6.48. The summed E-state index contributed by atoms with van der Waals surface area (Å²) >= 11 is 0. The van der Waals surface area contributed by atoms with E-state index in [1.54, 1.807) is 0 Å². The van der Waals surface area contributed by atoms with Crippen molar-refractivity contribution in [2.45, 2.75) is 0 Å².